The van der Waals surface area contributed by atoms with Crippen molar-refractivity contribution in [3.05, 3.63) is 29.4 Å². The summed E-state index contributed by atoms with van der Waals surface area (Å²) in [5, 5.41) is 3.00. The Morgan fingerprint density at radius 3 is 3.00 bits per heavy atom. The quantitative estimate of drug-likeness (QED) is 0.773. The first-order valence-electron chi connectivity index (χ1n) is 6.06. The highest BCUT2D eigenvalue weighted by molar-refractivity contribution is 6.30. The summed E-state index contributed by atoms with van der Waals surface area (Å²) in [5.41, 5.74) is 0.358. The number of carbonyl (C=O) groups is 1. The van der Waals surface area contributed by atoms with Crippen LogP contribution in [0.3, 0.4) is 0 Å². The van der Waals surface area contributed by atoms with E-state index in [-0.39, 0.29) is 5.91 Å². The lowest BCUT2D eigenvalue weighted by Gasteiger charge is -2.10. The highest BCUT2D eigenvalue weighted by Gasteiger charge is 2.14. The lowest BCUT2D eigenvalue weighted by Crippen LogP contribution is -2.20. The molecule has 0 fully saturated rings. The summed E-state index contributed by atoms with van der Waals surface area (Å²) in [6.07, 6.45) is 4.64. The molecule has 4 nitrogen and oxygen atoms in total. The first-order valence-corrected chi connectivity index (χ1v) is 6.43. The Morgan fingerprint density at radius 1 is 1.56 bits per heavy atom. The van der Waals surface area contributed by atoms with Crippen LogP contribution in [0.15, 0.2) is 12.3 Å². The van der Waals surface area contributed by atoms with Crippen LogP contribution in [0.5, 0.6) is 5.88 Å². The summed E-state index contributed by atoms with van der Waals surface area (Å²) in [4.78, 5) is 15.8. The van der Waals surface area contributed by atoms with Gasteiger partial charge in [-0.2, -0.15) is 0 Å². The van der Waals surface area contributed by atoms with Crippen LogP contribution in [-0.4, -0.2) is 17.5 Å². The minimum atomic E-state index is -0.266. The third kappa shape index (κ3) is 4.53. The minimum Gasteiger partial charge on any atom is -0.477 e. The van der Waals surface area contributed by atoms with Gasteiger partial charge in [0.05, 0.1) is 11.6 Å². The predicted molar refractivity (Wildman–Crippen MR) is 71.7 cm³/mol. The van der Waals surface area contributed by atoms with E-state index in [1.807, 2.05) is 0 Å². The maximum atomic E-state index is 11.8. The first-order chi connectivity index (χ1) is 8.69. The molecule has 0 unspecified atom stereocenters. The van der Waals surface area contributed by atoms with Crippen LogP contribution in [0.4, 0.5) is 0 Å². The zero-order valence-corrected chi connectivity index (χ0v) is 11.5. The summed E-state index contributed by atoms with van der Waals surface area (Å²) < 4.78 is 5.52. The number of ether oxygens (including phenoxy) is 1. The molecule has 0 aliphatic carbocycles. The van der Waals surface area contributed by atoms with Crippen molar-refractivity contribution < 1.29 is 9.53 Å². The number of halogens is 1. The molecule has 0 spiro atoms. The number of hydrogen-bond acceptors (Lipinski definition) is 3. The van der Waals surface area contributed by atoms with Crippen LogP contribution in [0.25, 0.3) is 0 Å². The minimum absolute atomic E-state index is 0.266. The Balaban J connectivity index is 2.73. The fourth-order valence-corrected chi connectivity index (χ4v) is 1.59. The molecule has 0 aliphatic rings. The van der Waals surface area contributed by atoms with Crippen LogP contribution in [0.1, 0.15) is 43.5 Å². The van der Waals surface area contributed by atoms with Gasteiger partial charge in [-0.3, -0.25) is 4.79 Å². The Hall–Kier alpha value is -1.29. The summed E-state index contributed by atoms with van der Waals surface area (Å²) >= 11 is 5.84. The van der Waals surface area contributed by atoms with Gasteiger partial charge in [-0.15, -0.1) is 0 Å². The van der Waals surface area contributed by atoms with Crippen LogP contribution in [0, 0.1) is 6.54 Å². The molecular formula is C13H18ClN2O2. The fraction of sp³-hybridized carbons (Fsp3) is 0.462. The van der Waals surface area contributed by atoms with Gasteiger partial charge in [0.15, 0.2) is 0 Å². The maximum Gasteiger partial charge on any atom is 0.257 e. The molecule has 0 saturated carbocycles. The topological polar surface area (TPSA) is 51.2 Å². The Kier molecular flexibility index (Phi) is 6.50. The molecule has 5 heteroatoms. The highest BCUT2D eigenvalue weighted by Crippen LogP contribution is 2.20. The van der Waals surface area contributed by atoms with Gasteiger partial charge in [0.1, 0.15) is 5.56 Å². The molecule has 1 aromatic rings. The Morgan fingerprint density at radius 2 is 2.33 bits per heavy atom. The average Bonchev–Trinajstić information content (AvgIpc) is 2.36. The van der Waals surface area contributed by atoms with E-state index in [4.69, 9.17) is 16.3 Å². The van der Waals surface area contributed by atoms with E-state index in [1.165, 1.54) is 6.20 Å². The number of unbranched alkanes of at least 4 members (excludes halogenated alkanes) is 2. The van der Waals surface area contributed by atoms with E-state index < -0.39 is 0 Å². The first kappa shape index (κ1) is 14.8. The van der Waals surface area contributed by atoms with E-state index >= 15 is 0 Å². The number of amides is 1. The van der Waals surface area contributed by atoms with Crippen LogP contribution >= 0.6 is 11.6 Å². The van der Waals surface area contributed by atoms with Crippen molar-refractivity contribution in [2.24, 2.45) is 0 Å². The van der Waals surface area contributed by atoms with Crippen molar-refractivity contribution in [2.45, 2.75) is 33.1 Å². The third-order valence-corrected chi connectivity index (χ3v) is 2.53. The van der Waals surface area contributed by atoms with Crippen LogP contribution in [0.2, 0.25) is 5.02 Å². The normalized spacial score (nSPS) is 10.2. The number of aromatic nitrogens is 1. The largest absolute Gasteiger partial charge is 0.477 e. The number of carbonyl (C=O) groups excluding carboxylic acids is 1. The lowest BCUT2D eigenvalue weighted by atomic mass is 10.2. The van der Waals surface area contributed by atoms with E-state index in [0.717, 1.165) is 19.3 Å². The van der Waals surface area contributed by atoms with Gasteiger partial charge in [0, 0.05) is 12.7 Å². The zero-order valence-electron chi connectivity index (χ0n) is 10.7. The summed E-state index contributed by atoms with van der Waals surface area (Å²) in [5.74, 6) is 0.0628. The van der Waals surface area contributed by atoms with E-state index in [2.05, 4.69) is 17.2 Å². The highest BCUT2D eigenvalue weighted by atomic mass is 35.5. The predicted octanol–water partition coefficient (Wildman–Crippen LogP) is 3.22. The molecule has 1 aromatic heterocycles. The molecule has 1 amide bonds. The van der Waals surface area contributed by atoms with Gasteiger partial charge in [0.2, 0.25) is 5.88 Å². The summed E-state index contributed by atoms with van der Waals surface area (Å²) in [6.45, 7) is 5.97. The number of rotatable bonds is 7. The second-order valence-corrected chi connectivity index (χ2v) is 4.26. The van der Waals surface area contributed by atoms with Crippen LogP contribution < -0.4 is 10.1 Å². The van der Waals surface area contributed by atoms with Gasteiger partial charge in [-0.1, -0.05) is 31.4 Å². The van der Waals surface area contributed by atoms with Crippen LogP contribution in [-0.2, 0) is 0 Å². The molecule has 0 bridgehead atoms. The van der Waals surface area contributed by atoms with Crippen molar-refractivity contribution >= 4 is 17.5 Å². The fourth-order valence-electron chi connectivity index (χ4n) is 1.43. The van der Waals surface area contributed by atoms with Gasteiger partial charge in [-0.25, -0.2) is 4.98 Å². The van der Waals surface area contributed by atoms with Gasteiger partial charge < -0.3 is 10.1 Å². The molecule has 0 aromatic carbocycles. The summed E-state index contributed by atoms with van der Waals surface area (Å²) in [7, 11) is 0. The number of hydrogen-bond donors (Lipinski definition) is 1. The van der Waals surface area contributed by atoms with Gasteiger partial charge in [-0.05, 0) is 19.4 Å². The molecular weight excluding hydrogens is 252 g/mol. The third-order valence-electron chi connectivity index (χ3n) is 2.32. The van der Waals surface area contributed by atoms with Gasteiger partial charge >= 0.3 is 0 Å². The average molecular weight is 270 g/mol. The number of nitrogens with one attached hydrogen (secondary N) is 1. The molecule has 0 atom stereocenters. The van der Waals surface area contributed by atoms with E-state index in [0.29, 0.717) is 23.1 Å². The zero-order chi connectivity index (χ0) is 13.4. The second-order valence-electron chi connectivity index (χ2n) is 3.82. The molecule has 1 radical (unpaired) electrons. The molecule has 1 heterocycles. The van der Waals surface area contributed by atoms with E-state index in [9.17, 15) is 4.79 Å². The van der Waals surface area contributed by atoms with Crippen molar-refractivity contribution in [1.29, 1.82) is 0 Å². The Labute approximate surface area is 113 Å². The number of pyridine rings is 1. The smallest absolute Gasteiger partial charge is 0.257 e. The second kappa shape index (κ2) is 7.93. The lowest BCUT2D eigenvalue weighted by molar-refractivity contribution is 0.0959. The monoisotopic (exact) mass is 269 g/mol. The van der Waals surface area contributed by atoms with Crippen molar-refractivity contribution in [2.75, 3.05) is 6.61 Å². The van der Waals surface area contributed by atoms with Crippen molar-refractivity contribution in [3.8, 4) is 5.88 Å². The van der Waals surface area contributed by atoms with Crippen molar-refractivity contribution in [1.82, 2.24) is 10.3 Å². The maximum absolute atomic E-state index is 11.8. The number of nitrogens with zero attached hydrogens (tertiary/aromatic N) is 1. The summed E-state index contributed by atoms with van der Waals surface area (Å²) in [6, 6.07) is 1.56. The molecule has 0 aliphatic heterocycles. The van der Waals surface area contributed by atoms with Crippen molar-refractivity contribution in [3.63, 3.8) is 0 Å². The van der Waals surface area contributed by atoms with E-state index in [1.54, 1.807) is 19.5 Å². The van der Waals surface area contributed by atoms with Gasteiger partial charge in [0.25, 0.3) is 5.91 Å². The Bertz CT molecular complexity index is 397. The molecule has 1 N–H and O–H groups in total. The molecule has 18 heavy (non-hydrogen) atoms. The standard InChI is InChI=1S/C13H18ClN2O2/c1-3-5-6-7-18-13-11(12(17)15-4-2)8-10(14)9-16-13/h4,8-9H,3,5-7H2,1-2H3,(H,15,17). The molecule has 0 saturated heterocycles. The molecule has 1 rings (SSSR count). The SMILES string of the molecule is C[CH]NC(=O)c1cc(Cl)cnc1OCCCCC. The molecule has 99 valence electrons.